The lowest BCUT2D eigenvalue weighted by Gasteiger charge is -2.16. The van der Waals surface area contributed by atoms with Crippen LogP contribution in [0.4, 0.5) is 0 Å². The van der Waals surface area contributed by atoms with Crippen molar-refractivity contribution in [3.63, 3.8) is 0 Å². The average molecular weight is 296 g/mol. The fraction of sp³-hybridized carbons (Fsp3) is 0.571. The molecule has 110 valence electrons. The Labute approximate surface area is 124 Å². The highest BCUT2D eigenvalue weighted by molar-refractivity contribution is 6.31. The van der Waals surface area contributed by atoms with Crippen LogP contribution in [0.5, 0.6) is 0 Å². The van der Waals surface area contributed by atoms with E-state index in [0.29, 0.717) is 0 Å². The summed E-state index contributed by atoms with van der Waals surface area (Å²) in [6.07, 6.45) is 1.73. The van der Waals surface area contributed by atoms with Gasteiger partial charge in [-0.15, -0.1) is 0 Å². The van der Waals surface area contributed by atoms with E-state index in [2.05, 4.69) is 28.5 Å². The normalized spacial score (nSPS) is 12.9. The maximum Gasteiger partial charge on any atom is 0.0847 e. The minimum atomic E-state index is 0.167. The second kappa shape index (κ2) is 5.97. The predicted molar refractivity (Wildman–Crippen MR) is 81.0 cm³/mol. The molecule has 6 heteroatoms. The summed E-state index contributed by atoms with van der Waals surface area (Å²) in [7, 11) is 5.87. The van der Waals surface area contributed by atoms with Gasteiger partial charge in [0, 0.05) is 20.5 Å². The first-order valence-electron chi connectivity index (χ1n) is 6.85. The number of aryl methyl sites for hydroxylation is 4. The smallest absolute Gasteiger partial charge is 0.0847 e. The first kappa shape index (κ1) is 15.1. The van der Waals surface area contributed by atoms with Crippen molar-refractivity contribution in [3.05, 3.63) is 33.9 Å². The van der Waals surface area contributed by atoms with Gasteiger partial charge in [-0.1, -0.05) is 18.5 Å². The third kappa shape index (κ3) is 2.74. The number of hydrogen-bond donors (Lipinski definition) is 1. The average Bonchev–Trinajstić information content (AvgIpc) is 2.90. The van der Waals surface area contributed by atoms with Crippen LogP contribution in [0.1, 0.15) is 35.7 Å². The summed E-state index contributed by atoms with van der Waals surface area (Å²) in [6, 6.07) is 2.32. The molecular formula is C14H22ClN5. The maximum absolute atomic E-state index is 6.34. The molecule has 0 saturated carbocycles. The molecule has 0 radical (unpaired) electrons. The van der Waals surface area contributed by atoms with E-state index in [1.165, 1.54) is 5.69 Å². The Hall–Kier alpha value is -1.33. The Morgan fingerprint density at radius 1 is 1.30 bits per heavy atom. The molecular weight excluding hydrogens is 274 g/mol. The molecule has 0 amide bonds. The lowest BCUT2D eigenvalue weighted by Crippen LogP contribution is -2.22. The number of aromatic nitrogens is 4. The Bertz CT molecular complexity index is 599. The standard InChI is InChI=1S/C14H22ClN5/c1-6-10-7-12(19(4)18-10)11(16-3)8-13-14(15)9(2)17-20(13)5/h7,11,16H,6,8H2,1-5H3. The van der Waals surface area contributed by atoms with Gasteiger partial charge in [0.1, 0.15) is 0 Å². The van der Waals surface area contributed by atoms with Crippen LogP contribution in [0, 0.1) is 6.92 Å². The molecule has 0 aromatic carbocycles. The molecule has 0 spiro atoms. The Kier molecular flexibility index (Phi) is 4.50. The quantitative estimate of drug-likeness (QED) is 0.920. The van der Waals surface area contributed by atoms with Gasteiger partial charge in [-0.25, -0.2) is 0 Å². The molecule has 2 aromatic heterocycles. The number of likely N-dealkylation sites (N-methyl/N-ethyl adjacent to an activating group) is 1. The van der Waals surface area contributed by atoms with Crippen LogP contribution >= 0.6 is 11.6 Å². The van der Waals surface area contributed by atoms with Gasteiger partial charge in [-0.3, -0.25) is 9.36 Å². The first-order valence-corrected chi connectivity index (χ1v) is 7.23. The van der Waals surface area contributed by atoms with Gasteiger partial charge < -0.3 is 5.32 Å². The molecule has 0 aliphatic rings. The summed E-state index contributed by atoms with van der Waals surface area (Å²) in [5, 5.41) is 13.0. The van der Waals surface area contributed by atoms with Crippen molar-refractivity contribution in [3.8, 4) is 0 Å². The van der Waals surface area contributed by atoms with Gasteiger partial charge in [0.05, 0.1) is 33.8 Å². The van der Waals surface area contributed by atoms with Crippen molar-refractivity contribution in [2.75, 3.05) is 7.05 Å². The van der Waals surface area contributed by atoms with Crippen molar-refractivity contribution in [2.24, 2.45) is 14.1 Å². The summed E-state index contributed by atoms with van der Waals surface area (Å²) in [5.41, 5.74) is 4.19. The van der Waals surface area contributed by atoms with Gasteiger partial charge >= 0.3 is 0 Å². The molecule has 5 nitrogen and oxygen atoms in total. The van der Waals surface area contributed by atoms with Gasteiger partial charge in [-0.2, -0.15) is 10.2 Å². The van der Waals surface area contributed by atoms with E-state index < -0.39 is 0 Å². The third-order valence-electron chi connectivity index (χ3n) is 3.69. The van der Waals surface area contributed by atoms with E-state index in [0.717, 1.165) is 34.9 Å². The molecule has 0 saturated heterocycles. The highest BCUT2D eigenvalue weighted by Crippen LogP contribution is 2.25. The van der Waals surface area contributed by atoms with Crippen LogP contribution < -0.4 is 5.32 Å². The molecule has 0 bridgehead atoms. The van der Waals surface area contributed by atoms with Crippen LogP contribution in [0.3, 0.4) is 0 Å². The zero-order valence-corrected chi connectivity index (χ0v) is 13.5. The largest absolute Gasteiger partial charge is 0.311 e. The molecule has 20 heavy (non-hydrogen) atoms. The lowest BCUT2D eigenvalue weighted by molar-refractivity contribution is 0.519. The molecule has 1 N–H and O–H groups in total. The molecule has 1 atom stereocenters. The zero-order valence-electron chi connectivity index (χ0n) is 12.7. The van der Waals surface area contributed by atoms with E-state index >= 15 is 0 Å². The second-order valence-corrected chi connectivity index (χ2v) is 5.43. The molecule has 0 aliphatic carbocycles. The Morgan fingerprint density at radius 3 is 2.45 bits per heavy atom. The van der Waals surface area contributed by atoms with E-state index in [1.54, 1.807) is 0 Å². The van der Waals surface area contributed by atoms with E-state index in [9.17, 15) is 0 Å². The Balaban J connectivity index is 2.31. The van der Waals surface area contributed by atoms with Crippen LogP contribution in [-0.2, 0) is 26.9 Å². The molecule has 2 heterocycles. The summed E-state index contributed by atoms with van der Waals surface area (Å²) < 4.78 is 3.80. The molecule has 2 rings (SSSR count). The molecule has 0 aliphatic heterocycles. The zero-order chi connectivity index (χ0) is 14.9. The SMILES string of the molecule is CCc1cc(C(Cc2c(Cl)c(C)nn2C)NC)n(C)n1. The van der Waals surface area contributed by atoms with Crippen molar-refractivity contribution in [2.45, 2.75) is 32.7 Å². The number of rotatable bonds is 5. The van der Waals surface area contributed by atoms with Crippen LogP contribution in [0.15, 0.2) is 6.07 Å². The fourth-order valence-corrected chi connectivity index (χ4v) is 2.73. The number of nitrogens with one attached hydrogen (secondary N) is 1. The van der Waals surface area contributed by atoms with E-state index in [1.807, 2.05) is 37.4 Å². The highest BCUT2D eigenvalue weighted by Gasteiger charge is 2.20. The minimum absolute atomic E-state index is 0.167. The number of halogens is 1. The summed E-state index contributed by atoms with van der Waals surface area (Å²) >= 11 is 6.34. The van der Waals surface area contributed by atoms with Crippen molar-refractivity contribution >= 4 is 11.6 Å². The molecule has 0 fully saturated rings. The summed E-state index contributed by atoms with van der Waals surface area (Å²) in [5.74, 6) is 0. The van der Waals surface area contributed by atoms with Crippen LogP contribution in [0.2, 0.25) is 5.02 Å². The maximum atomic E-state index is 6.34. The van der Waals surface area contributed by atoms with E-state index in [4.69, 9.17) is 11.6 Å². The topological polar surface area (TPSA) is 47.7 Å². The van der Waals surface area contributed by atoms with Crippen molar-refractivity contribution < 1.29 is 0 Å². The minimum Gasteiger partial charge on any atom is -0.311 e. The van der Waals surface area contributed by atoms with Crippen LogP contribution in [0.25, 0.3) is 0 Å². The molecule has 2 aromatic rings. The third-order valence-corrected chi connectivity index (χ3v) is 4.19. The van der Waals surface area contributed by atoms with Crippen molar-refractivity contribution in [1.82, 2.24) is 24.9 Å². The molecule has 1 unspecified atom stereocenters. The van der Waals surface area contributed by atoms with Crippen molar-refractivity contribution in [1.29, 1.82) is 0 Å². The Morgan fingerprint density at radius 2 is 2.00 bits per heavy atom. The van der Waals surface area contributed by atoms with Gasteiger partial charge in [0.25, 0.3) is 0 Å². The monoisotopic (exact) mass is 295 g/mol. The van der Waals surface area contributed by atoms with Gasteiger partial charge in [0.2, 0.25) is 0 Å². The van der Waals surface area contributed by atoms with E-state index in [-0.39, 0.29) is 6.04 Å². The van der Waals surface area contributed by atoms with Gasteiger partial charge in [-0.05, 0) is 26.5 Å². The highest BCUT2D eigenvalue weighted by atomic mass is 35.5. The lowest BCUT2D eigenvalue weighted by atomic mass is 10.1. The fourth-order valence-electron chi connectivity index (χ4n) is 2.49. The van der Waals surface area contributed by atoms with Crippen LogP contribution in [-0.4, -0.2) is 26.6 Å². The predicted octanol–water partition coefficient (Wildman–Crippen LogP) is 2.18. The second-order valence-electron chi connectivity index (χ2n) is 5.05. The summed E-state index contributed by atoms with van der Waals surface area (Å²) in [6.45, 7) is 4.04. The van der Waals surface area contributed by atoms with Gasteiger partial charge in [0.15, 0.2) is 0 Å². The summed E-state index contributed by atoms with van der Waals surface area (Å²) in [4.78, 5) is 0. The first-order chi connectivity index (χ1) is 9.47. The number of hydrogen-bond acceptors (Lipinski definition) is 3. The number of nitrogens with zero attached hydrogens (tertiary/aromatic N) is 4.